The van der Waals surface area contributed by atoms with Gasteiger partial charge in [-0.05, 0) is 54.7 Å². The number of carbonyl (C=O) groups is 2. The summed E-state index contributed by atoms with van der Waals surface area (Å²) in [6, 6.07) is 22.4. The minimum atomic E-state index is -3.52. The molecule has 0 unspecified atom stereocenters. The van der Waals surface area contributed by atoms with Crippen LogP contribution in [0.2, 0.25) is 5.02 Å². The molecule has 7 nitrogen and oxygen atoms in total. The van der Waals surface area contributed by atoms with E-state index in [2.05, 4.69) is 10.0 Å². The summed E-state index contributed by atoms with van der Waals surface area (Å²) in [5.41, 5.74) is 2.86. The summed E-state index contributed by atoms with van der Waals surface area (Å²) in [5.74, 6) is -1.13. The molecular formula is C31H34ClN3O4S. The number of amides is 2. The lowest BCUT2D eigenvalue weighted by atomic mass is 9.76. The van der Waals surface area contributed by atoms with Gasteiger partial charge < -0.3 is 10.2 Å². The predicted molar refractivity (Wildman–Crippen MR) is 157 cm³/mol. The third-order valence-electron chi connectivity index (χ3n) is 7.98. The zero-order chi connectivity index (χ0) is 28.4. The van der Waals surface area contributed by atoms with Crippen LogP contribution in [0.4, 0.5) is 0 Å². The molecule has 3 aromatic rings. The SMILES string of the molecule is C[C@H](NC(=O)[C@@H]1c2ccccc2C(=O)N([C@H]2CCCC[C@@H]2NS(C)(=O)=O)[C@H]1c1ccc(Cl)cc1)c1ccccc1. The van der Waals surface area contributed by atoms with E-state index in [1.54, 1.807) is 29.2 Å². The molecule has 2 N–H and O–H groups in total. The fraction of sp³-hybridized carbons (Fsp3) is 0.355. The molecule has 0 saturated heterocycles. The van der Waals surface area contributed by atoms with Gasteiger partial charge in [0.05, 0.1) is 24.3 Å². The zero-order valence-corrected chi connectivity index (χ0v) is 24.2. The molecule has 0 spiro atoms. The van der Waals surface area contributed by atoms with Crippen molar-refractivity contribution in [2.45, 2.75) is 62.7 Å². The van der Waals surface area contributed by atoms with E-state index >= 15 is 0 Å². The summed E-state index contributed by atoms with van der Waals surface area (Å²) in [6.07, 6.45) is 4.09. The van der Waals surface area contributed by atoms with Gasteiger partial charge in [-0.3, -0.25) is 9.59 Å². The van der Waals surface area contributed by atoms with Crippen molar-refractivity contribution in [1.29, 1.82) is 0 Å². The van der Waals surface area contributed by atoms with Crippen LogP contribution < -0.4 is 10.0 Å². The van der Waals surface area contributed by atoms with Gasteiger partial charge >= 0.3 is 0 Å². The Balaban J connectivity index is 1.64. The van der Waals surface area contributed by atoms with E-state index in [1.807, 2.05) is 61.5 Å². The maximum Gasteiger partial charge on any atom is 0.255 e. The Bertz CT molecular complexity index is 1480. The Kier molecular flexibility index (Phi) is 8.31. The topological polar surface area (TPSA) is 95.6 Å². The molecule has 2 aliphatic rings. The molecule has 40 heavy (non-hydrogen) atoms. The number of rotatable bonds is 7. The van der Waals surface area contributed by atoms with E-state index in [0.717, 1.165) is 30.2 Å². The molecule has 1 fully saturated rings. The smallest absolute Gasteiger partial charge is 0.255 e. The monoisotopic (exact) mass is 579 g/mol. The highest BCUT2D eigenvalue weighted by atomic mass is 35.5. The van der Waals surface area contributed by atoms with Crippen LogP contribution in [-0.4, -0.2) is 43.5 Å². The van der Waals surface area contributed by atoms with Gasteiger partial charge in [0.1, 0.15) is 0 Å². The van der Waals surface area contributed by atoms with Crippen molar-refractivity contribution in [3.8, 4) is 0 Å². The van der Waals surface area contributed by atoms with Gasteiger partial charge in [-0.15, -0.1) is 0 Å². The predicted octanol–water partition coefficient (Wildman–Crippen LogP) is 5.36. The van der Waals surface area contributed by atoms with Gasteiger partial charge in [0, 0.05) is 22.7 Å². The number of carbonyl (C=O) groups excluding carboxylic acids is 2. The van der Waals surface area contributed by atoms with Crippen LogP contribution in [0.1, 0.15) is 77.7 Å². The van der Waals surface area contributed by atoms with E-state index < -0.39 is 34.1 Å². The molecule has 1 aliphatic carbocycles. The number of sulfonamides is 1. The zero-order valence-electron chi connectivity index (χ0n) is 22.6. The van der Waals surface area contributed by atoms with Gasteiger partial charge in [-0.2, -0.15) is 0 Å². The normalized spacial score (nSPS) is 23.8. The van der Waals surface area contributed by atoms with Crippen molar-refractivity contribution in [2.75, 3.05) is 6.26 Å². The van der Waals surface area contributed by atoms with Crippen LogP contribution >= 0.6 is 11.6 Å². The summed E-state index contributed by atoms with van der Waals surface area (Å²) >= 11 is 6.24. The minimum absolute atomic E-state index is 0.204. The number of fused-ring (bicyclic) bond motifs is 1. The van der Waals surface area contributed by atoms with Crippen LogP contribution in [0.25, 0.3) is 0 Å². The number of hydrogen-bond acceptors (Lipinski definition) is 4. The number of halogens is 1. The molecule has 0 radical (unpaired) electrons. The lowest BCUT2D eigenvalue weighted by molar-refractivity contribution is -0.125. The fourth-order valence-electron chi connectivity index (χ4n) is 6.20. The molecule has 210 valence electrons. The summed E-state index contributed by atoms with van der Waals surface area (Å²) in [7, 11) is -3.52. The molecular weight excluding hydrogens is 546 g/mol. The van der Waals surface area contributed by atoms with Crippen LogP contribution in [0, 0.1) is 0 Å². The third-order valence-corrected chi connectivity index (χ3v) is 8.96. The Labute approximate surface area is 241 Å². The summed E-state index contributed by atoms with van der Waals surface area (Å²) in [5, 5.41) is 3.74. The van der Waals surface area contributed by atoms with Crippen molar-refractivity contribution >= 4 is 33.4 Å². The molecule has 2 amide bonds. The van der Waals surface area contributed by atoms with E-state index in [4.69, 9.17) is 11.6 Å². The summed E-state index contributed by atoms with van der Waals surface area (Å²) in [6.45, 7) is 1.94. The first kappa shape index (κ1) is 28.3. The van der Waals surface area contributed by atoms with Crippen LogP contribution in [0.5, 0.6) is 0 Å². The third kappa shape index (κ3) is 5.94. The van der Waals surface area contributed by atoms with Gasteiger partial charge in [0.2, 0.25) is 15.9 Å². The average molecular weight is 580 g/mol. The van der Waals surface area contributed by atoms with Crippen molar-refractivity contribution in [3.05, 3.63) is 106 Å². The highest BCUT2D eigenvalue weighted by molar-refractivity contribution is 7.88. The molecule has 1 heterocycles. The molecule has 1 aliphatic heterocycles. The Hall–Kier alpha value is -3.20. The first-order valence-electron chi connectivity index (χ1n) is 13.6. The Morgan fingerprint density at radius 1 is 0.950 bits per heavy atom. The number of nitrogens with one attached hydrogen (secondary N) is 2. The molecule has 0 aromatic heterocycles. The van der Waals surface area contributed by atoms with Crippen molar-refractivity contribution < 1.29 is 18.0 Å². The van der Waals surface area contributed by atoms with Crippen LogP contribution in [0.15, 0.2) is 78.9 Å². The van der Waals surface area contributed by atoms with Gasteiger partial charge in [-0.1, -0.05) is 85.1 Å². The van der Waals surface area contributed by atoms with Crippen LogP contribution in [-0.2, 0) is 14.8 Å². The first-order chi connectivity index (χ1) is 19.1. The lowest BCUT2D eigenvalue weighted by Gasteiger charge is -2.49. The first-order valence-corrected chi connectivity index (χ1v) is 15.9. The van der Waals surface area contributed by atoms with Crippen molar-refractivity contribution in [2.24, 2.45) is 0 Å². The van der Waals surface area contributed by atoms with E-state index in [-0.39, 0.29) is 17.9 Å². The van der Waals surface area contributed by atoms with Crippen molar-refractivity contribution in [1.82, 2.24) is 14.9 Å². The average Bonchev–Trinajstić information content (AvgIpc) is 2.93. The standard InChI is InChI=1S/C31H34ClN3O4S/c1-20(21-10-4-3-5-11-21)33-30(36)28-24-12-6-7-13-25(24)31(37)35(29(28)22-16-18-23(32)19-17-22)27-15-9-8-14-26(27)34-40(2,38)39/h3-7,10-13,16-20,26-29,34H,8-9,14-15H2,1-2H3,(H,33,36)/t20-,26-,27-,28+,29-/m0/s1. The highest BCUT2D eigenvalue weighted by Crippen LogP contribution is 2.46. The van der Waals surface area contributed by atoms with E-state index in [1.165, 1.54) is 0 Å². The van der Waals surface area contributed by atoms with Gasteiger partial charge in [0.25, 0.3) is 5.91 Å². The Morgan fingerprint density at radius 2 is 1.60 bits per heavy atom. The minimum Gasteiger partial charge on any atom is -0.349 e. The second-order valence-corrected chi connectivity index (χ2v) is 13.0. The molecule has 1 saturated carbocycles. The Morgan fingerprint density at radius 3 is 2.30 bits per heavy atom. The quantitative estimate of drug-likeness (QED) is 0.394. The van der Waals surface area contributed by atoms with Crippen LogP contribution in [0.3, 0.4) is 0 Å². The highest BCUT2D eigenvalue weighted by Gasteiger charge is 2.49. The molecule has 5 atom stereocenters. The van der Waals surface area contributed by atoms with Crippen molar-refractivity contribution in [3.63, 3.8) is 0 Å². The lowest BCUT2D eigenvalue weighted by Crippen LogP contribution is -2.59. The van der Waals surface area contributed by atoms with E-state index in [0.29, 0.717) is 29.0 Å². The second-order valence-electron chi connectivity index (χ2n) is 10.8. The van der Waals surface area contributed by atoms with E-state index in [9.17, 15) is 18.0 Å². The molecule has 5 rings (SSSR count). The molecule has 3 aromatic carbocycles. The molecule has 0 bridgehead atoms. The maximum absolute atomic E-state index is 14.3. The largest absolute Gasteiger partial charge is 0.349 e. The van der Waals surface area contributed by atoms with Gasteiger partial charge in [-0.25, -0.2) is 13.1 Å². The maximum atomic E-state index is 14.3. The fourth-order valence-corrected chi connectivity index (χ4v) is 7.15. The number of benzene rings is 3. The number of nitrogens with zero attached hydrogens (tertiary/aromatic N) is 1. The second kappa shape index (κ2) is 11.7. The number of hydrogen-bond donors (Lipinski definition) is 2. The summed E-state index contributed by atoms with van der Waals surface area (Å²) in [4.78, 5) is 30.3. The van der Waals surface area contributed by atoms with Gasteiger partial charge in [0.15, 0.2) is 0 Å². The summed E-state index contributed by atoms with van der Waals surface area (Å²) < 4.78 is 27.4. The molecule has 9 heteroatoms.